The van der Waals surface area contributed by atoms with Crippen LogP contribution in [0, 0.1) is 27.7 Å². The summed E-state index contributed by atoms with van der Waals surface area (Å²) in [5.74, 6) is 1.94. The Morgan fingerprint density at radius 3 is 0.895 bits per heavy atom. The van der Waals surface area contributed by atoms with Gasteiger partial charge in [-0.15, -0.1) is 0 Å². The lowest BCUT2D eigenvalue weighted by molar-refractivity contribution is 0.830. The minimum Gasteiger partial charge on any atom is -0.380 e. The first-order valence-corrected chi connectivity index (χ1v) is 14.7. The molecule has 0 aliphatic rings. The van der Waals surface area contributed by atoms with Gasteiger partial charge in [0.25, 0.3) is 0 Å². The van der Waals surface area contributed by atoms with E-state index in [0.717, 1.165) is 13.1 Å². The summed E-state index contributed by atoms with van der Waals surface area (Å²) >= 11 is 0. The van der Waals surface area contributed by atoms with Gasteiger partial charge in [0.1, 0.15) is 0 Å². The first-order chi connectivity index (χ1) is 17.9. The lowest BCUT2D eigenvalue weighted by atomic mass is 9.87. The molecule has 38 heavy (non-hydrogen) atoms. The van der Waals surface area contributed by atoms with E-state index in [2.05, 4.69) is 130 Å². The molecule has 0 spiro atoms. The highest BCUT2D eigenvalue weighted by atomic mass is 14.9. The summed E-state index contributed by atoms with van der Waals surface area (Å²) in [6.45, 7) is 29.3. The van der Waals surface area contributed by atoms with E-state index in [-0.39, 0.29) is 0 Å². The number of para-hydroxylation sites is 2. The normalized spacial score (nSPS) is 11.8. The molecule has 3 aromatic carbocycles. The number of hydrogen-bond acceptors (Lipinski definition) is 2. The van der Waals surface area contributed by atoms with E-state index >= 15 is 0 Å². The van der Waals surface area contributed by atoms with E-state index in [1.165, 1.54) is 67.0 Å². The Morgan fingerprint density at radius 2 is 0.684 bits per heavy atom. The van der Waals surface area contributed by atoms with Crippen molar-refractivity contribution in [1.29, 1.82) is 0 Å². The zero-order valence-electron chi connectivity index (χ0n) is 26.2. The number of benzene rings is 3. The van der Waals surface area contributed by atoms with Gasteiger partial charge in [-0.2, -0.15) is 0 Å². The van der Waals surface area contributed by atoms with E-state index in [4.69, 9.17) is 0 Å². The van der Waals surface area contributed by atoms with Crippen LogP contribution in [0.3, 0.4) is 0 Å². The lowest BCUT2D eigenvalue weighted by Gasteiger charge is -2.26. The van der Waals surface area contributed by atoms with E-state index in [1.54, 1.807) is 0 Å². The highest BCUT2D eigenvalue weighted by Gasteiger charge is 2.19. The van der Waals surface area contributed by atoms with Crippen LogP contribution in [-0.2, 0) is 13.1 Å². The maximum atomic E-state index is 3.90. The van der Waals surface area contributed by atoms with Crippen molar-refractivity contribution in [2.45, 2.75) is 120 Å². The molecule has 3 aromatic rings. The van der Waals surface area contributed by atoms with Crippen molar-refractivity contribution in [1.82, 2.24) is 0 Å². The topological polar surface area (TPSA) is 24.1 Å². The standard InChI is InChI=1S/C36H52N2/c1-21(2)29-15-13-16-30(22(3)4)35(29)37-19-33-25(9)27(11)34(28(12)26(33)10)20-38-36-31(23(5)6)17-14-18-32(36)24(7)8/h13-18,21-24,37-38H,19-20H2,1-12H3. The highest BCUT2D eigenvalue weighted by Crippen LogP contribution is 2.36. The zero-order valence-corrected chi connectivity index (χ0v) is 26.2. The quantitative estimate of drug-likeness (QED) is 0.282. The summed E-state index contributed by atoms with van der Waals surface area (Å²) in [5.41, 5.74) is 16.8. The van der Waals surface area contributed by atoms with Crippen LogP contribution < -0.4 is 10.6 Å². The van der Waals surface area contributed by atoms with Gasteiger partial charge < -0.3 is 10.6 Å². The molecule has 0 heterocycles. The van der Waals surface area contributed by atoms with E-state index in [0.29, 0.717) is 23.7 Å². The van der Waals surface area contributed by atoms with Gasteiger partial charge in [0.05, 0.1) is 0 Å². The van der Waals surface area contributed by atoms with Gasteiger partial charge in [0.15, 0.2) is 0 Å². The monoisotopic (exact) mass is 512 g/mol. The van der Waals surface area contributed by atoms with Gasteiger partial charge >= 0.3 is 0 Å². The average Bonchev–Trinajstić information content (AvgIpc) is 2.86. The Labute approximate surface area is 233 Å². The Bertz CT molecular complexity index is 1080. The van der Waals surface area contributed by atoms with Gasteiger partial charge in [-0.1, -0.05) is 91.8 Å². The molecular weight excluding hydrogens is 460 g/mol. The van der Waals surface area contributed by atoms with Crippen LogP contribution in [0.5, 0.6) is 0 Å². The second-order valence-electron chi connectivity index (χ2n) is 12.4. The third kappa shape index (κ3) is 6.11. The van der Waals surface area contributed by atoms with Crippen LogP contribution in [0.4, 0.5) is 11.4 Å². The van der Waals surface area contributed by atoms with Crippen LogP contribution >= 0.6 is 0 Å². The highest BCUT2D eigenvalue weighted by molar-refractivity contribution is 5.63. The SMILES string of the molecule is Cc1c(C)c(CNc2c(C(C)C)cccc2C(C)C)c(C)c(C)c1CNc1c(C(C)C)cccc1C(C)C. The van der Waals surface area contributed by atoms with Gasteiger partial charge in [0.2, 0.25) is 0 Å². The minimum absolute atomic E-state index is 0.486. The predicted molar refractivity (Wildman–Crippen MR) is 169 cm³/mol. The summed E-state index contributed by atoms with van der Waals surface area (Å²) in [6.07, 6.45) is 0. The Morgan fingerprint density at radius 1 is 0.447 bits per heavy atom. The van der Waals surface area contributed by atoms with Crippen molar-refractivity contribution in [2.75, 3.05) is 10.6 Å². The molecular formula is C36H52N2. The van der Waals surface area contributed by atoms with Crippen LogP contribution in [0.2, 0.25) is 0 Å². The van der Waals surface area contributed by atoms with Crippen LogP contribution in [-0.4, -0.2) is 0 Å². The summed E-state index contributed by atoms with van der Waals surface area (Å²) in [7, 11) is 0. The molecule has 0 bridgehead atoms. The molecule has 2 heteroatoms. The molecule has 0 saturated heterocycles. The summed E-state index contributed by atoms with van der Waals surface area (Å²) in [6, 6.07) is 13.6. The molecule has 0 fully saturated rings. The Balaban J connectivity index is 1.96. The number of anilines is 2. The smallest absolute Gasteiger partial charge is 0.0413 e. The van der Waals surface area contributed by atoms with E-state index in [9.17, 15) is 0 Å². The third-order valence-corrected chi connectivity index (χ3v) is 8.57. The Hall–Kier alpha value is -2.74. The van der Waals surface area contributed by atoms with Gasteiger partial charge in [0, 0.05) is 24.5 Å². The second kappa shape index (κ2) is 12.4. The largest absolute Gasteiger partial charge is 0.380 e. The molecule has 0 aromatic heterocycles. The number of rotatable bonds is 10. The predicted octanol–water partition coefficient (Wildman–Crippen LogP) is 10.6. The molecule has 0 unspecified atom stereocenters. The van der Waals surface area contributed by atoms with Crippen molar-refractivity contribution in [3.63, 3.8) is 0 Å². The van der Waals surface area contributed by atoms with Crippen molar-refractivity contribution < 1.29 is 0 Å². The second-order valence-corrected chi connectivity index (χ2v) is 12.4. The average molecular weight is 513 g/mol. The molecule has 0 atom stereocenters. The fourth-order valence-electron chi connectivity index (χ4n) is 5.86. The van der Waals surface area contributed by atoms with Crippen LogP contribution in [0.15, 0.2) is 36.4 Å². The summed E-state index contributed by atoms with van der Waals surface area (Å²) < 4.78 is 0. The van der Waals surface area contributed by atoms with Crippen LogP contribution in [0.1, 0.15) is 135 Å². The first-order valence-electron chi connectivity index (χ1n) is 14.7. The molecule has 0 amide bonds. The molecule has 2 nitrogen and oxygen atoms in total. The summed E-state index contributed by atoms with van der Waals surface area (Å²) in [5, 5.41) is 7.80. The van der Waals surface area contributed by atoms with Crippen molar-refractivity contribution in [3.8, 4) is 0 Å². The third-order valence-electron chi connectivity index (χ3n) is 8.57. The molecule has 0 aliphatic heterocycles. The maximum Gasteiger partial charge on any atom is 0.0413 e. The van der Waals surface area contributed by atoms with E-state index < -0.39 is 0 Å². The van der Waals surface area contributed by atoms with Crippen LogP contribution in [0.25, 0.3) is 0 Å². The molecule has 0 aliphatic carbocycles. The van der Waals surface area contributed by atoms with Gasteiger partial charge in [-0.25, -0.2) is 0 Å². The van der Waals surface area contributed by atoms with Crippen molar-refractivity contribution in [3.05, 3.63) is 92.0 Å². The maximum absolute atomic E-state index is 3.90. The molecule has 206 valence electrons. The zero-order chi connectivity index (χ0) is 28.3. The lowest BCUT2D eigenvalue weighted by Crippen LogP contribution is -2.14. The number of nitrogens with one attached hydrogen (secondary N) is 2. The molecule has 0 saturated carbocycles. The fraction of sp³-hybridized carbons (Fsp3) is 0.500. The van der Waals surface area contributed by atoms with Crippen molar-refractivity contribution in [2.24, 2.45) is 0 Å². The molecule has 2 N–H and O–H groups in total. The van der Waals surface area contributed by atoms with Crippen molar-refractivity contribution >= 4 is 11.4 Å². The van der Waals surface area contributed by atoms with E-state index in [1.807, 2.05) is 0 Å². The summed E-state index contributed by atoms with van der Waals surface area (Å²) in [4.78, 5) is 0. The number of hydrogen-bond donors (Lipinski definition) is 2. The first kappa shape index (κ1) is 29.8. The molecule has 0 radical (unpaired) electrons. The Kier molecular flexibility index (Phi) is 9.74. The minimum atomic E-state index is 0.486. The molecule has 3 rings (SSSR count). The van der Waals surface area contributed by atoms with Gasteiger partial charge in [-0.05, 0) is 107 Å². The van der Waals surface area contributed by atoms with Gasteiger partial charge in [-0.3, -0.25) is 0 Å². The fourth-order valence-corrected chi connectivity index (χ4v) is 5.86.